The molecular weight excluding hydrogens is 346 g/mol. The molecule has 2 N–H and O–H groups in total. The van der Waals surface area contributed by atoms with E-state index < -0.39 is 4.92 Å². The van der Waals surface area contributed by atoms with Gasteiger partial charge in [-0.05, 0) is 31.0 Å². The smallest absolute Gasteiger partial charge is 0.353 e. The van der Waals surface area contributed by atoms with E-state index in [0.717, 1.165) is 25.7 Å². The predicted molar refractivity (Wildman–Crippen MR) is 95.9 cm³/mol. The van der Waals surface area contributed by atoms with Gasteiger partial charge >= 0.3 is 5.69 Å². The van der Waals surface area contributed by atoms with E-state index in [2.05, 4.69) is 20.6 Å². The van der Waals surface area contributed by atoms with Crippen LogP contribution in [-0.4, -0.2) is 28.0 Å². The normalized spacial score (nSPS) is 14.3. The van der Waals surface area contributed by atoms with Crippen LogP contribution < -0.4 is 15.4 Å². The van der Waals surface area contributed by atoms with E-state index in [1.165, 1.54) is 13.4 Å². The highest BCUT2D eigenvalue weighted by Crippen LogP contribution is 2.36. The van der Waals surface area contributed by atoms with Gasteiger partial charge in [0.25, 0.3) is 0 Å². The molecule has 0 saturated heterocycles. The van der Waals surface area contributed by atoms with Crippen LogP contribution in [0.3, 0.4) is 0 Å². The lowest BCUT2D eigenvalue weighted by Gasteiger charge is -2.15. The maximum Gasteiger partial charge on any atom is 0.353 e. The van der Waals surface area contributed by atoms with E-state index in [4.69, 9.17) is 16.3 Å². The van der Waals surface area contributed by atoms with E-state index in [9.17, 15) is 10.1 Å². The number of halogens is 1. The molecule has 9 heteroatoms. The largest absolute Gasteiger partial charge is 0.495 e. The van der Waals surface area contributed by atoms with Crippen LogP contribution in [0, 0.1) is 10.1 Å². The van der Waals surface area contributed by atoms with Crippen molar-refractivity contribution in [3.05, 3.63) is 39.7 Å². The number of aromatic nitrogens is 2. The monoisotopic (exact) mass is 363 g/mol. The Balaban J connectivity index is 1.95. The second-order valence-corrected chi connectivity index (χ2v) is 6.21. The molecule has 1 fully saturated rings. The fraction of sp³-hybridized carbons (Fsp3) is 0.375. The van der Waals surface area contributed by atoms with Crippen molar-refractivity contribution in [2.24, 2.45) is 0 Å². The molecule has 25 heavy (non-hydrogen) atoms. The van der Waals surface area contributed by atoms with Gasteiger partial charge in [-0.1, -0.05) is 24.4 Å². The van der Waals surface area contributed by atoms with Crippen LogP contribution in [0.15, 0.2) is 24.5 Å². The van der Waals surface area contributed by atoms with Crippen molar-refractivity contribution < 1.29 is 9.66 Å². The Morgan fingerprint density at radius 3 is 2.68 bits per heavy atom. The summed E-state index contributed by atoms with van der Waals surface area (Å²) in [5, 5.41) is 18.2. The van der Waals surface area contributed by atoms with Gasteiger partial charge in [-0.15, -0.1) is 0 Å². The quantitative estimate of drug-likeness (QED) is 0.587. The van der Waals surface area contributed by atoms with Gasteiger partial charge in [0.05, 0.1) is 17.7 Å². The second-order valence-electron chi connectivity index (χ2n) is 5.77. The minimum absolute atomic E-state index is 0.0843. The zero-order chi connectivity index (χ0) is 17.8. The molecule has 0 amide bonds. The molecule has 1 aliphatic rings. The van der Waals surface area contributed by atoms with E-state index >= 15 is 0 Å². The third-order valence-corrected chi connectivity index (χ3v) is 4.35. The van der Waals surface area contributed by atoms with Crippen molar-refractivity contribution in [3.8, 4) is 5.75 Å². The Kier molecular flexibility index (Phi) is 5.18. The van der Waals surface area contributed by atoms with Crippen LogP contribution in [0.4, 0.5) is 23.0 Å². The summed E-state index contributed by atoms with van der Waals surface area (Å²) in [6, 6.07) is 5.17. The summed E-state index contributed by atoms with van der Waals surface area (Å²) >= 11 is 6.01. The summed E-state index contributed by atoms with van der Waals surface area (Å²) in [7, 11) is 1.51. The summed E-state index contributed by atoms with van der Waals surface area (Å²) < 4.78 is 5.26. The lowest BCUT2D eigenvalue weighted by atomic mass is 10.2. The third kappa shape index (κ3) is 3.90. The molecule has 132 valence electrons. The number of nitrogens with one attached hydrogen (secondary N) is 2. The Labute approximate surface area is 149 Å². The molecule has 0 unspecified atom stereocenters. The first-order valence-corrected chi connectivity index (χ1v) is 8.32. The number of ether oxygens (including phenoxy) is 1. The molecule has 0 radical (unpaired) electrons. The lowest BCUT2D eigenvalue weighted by Crippen LogP contribution is -2.17. The van der Waals surface area contributed by atoms with Crippen molar-refractivity contribution in [1.29, 1.82) is 0 Å². The van der Waals surface area contributed by atoms with Gasteiger partial charge in [-0.25, -0.2) is 9.97 Å². The second kappa shape index (κ2) is 7.52. The number of hydrogen-bond acceptors (Lipinski definition) is 7. The van der Waals surface area contributed by atoms with Gasteiger partial charge in [0.2, 0.25) is 11.6 Å². The SMILES string of the molecule is COc1ccc(Cl)cc1Nc1ncnc(NC2CCCC2)c1[N+](=O)[O-]. The first-order chi connectivity index (χ1) is 12.1. The highest BCUT2D eigenvalue weighted by Gasteiger charge is 2.26. The summed E-state index contributed by atoms with van der Waals surface area (Å²) in [6.07, 6.45) is 5.48. The Morgan fingerprint density at radius 1 is 1.28 bits per heavy atom. The maximum absolute atomic E-state index is 11.6. The number of nitro groups is 1. The Bertz CT molecular complexity index is 780. The Hall–Kier alpha value is -2.61. The first kappa shape index (κ1) is 17.2. The molecule has 8 nitrogen and oxygen atoms in total. The van der Waals surface area contributed by atoms with Crippen molar-refractivity contribution in [3.63, 3.8) is 0 Å². The minimum atomic E-state index is -0.489. The Morgan fingerprint density at radius 2 is 2.00 bits per heavy atom. The van der Waals surface area contributed by atoms with Crippen molar-refractivity contribution in [2.45, 2.75) is 31.7 Å². The van der Waals surface area contributed by atoms with Gasteiger partial charge in [0, 0.05) is 11.1 Å². The van der Waals surface area contributed by atoms with E-state index in [0.29, 0.717) is 16.5 Å². The van der Waals surface area contributed by atoms with Crippen LogP contribution in [0.25, 0.3) is 0 Å². The zero-order valence-corrected chi connectivity index (χ0v) is 14.4. The average molecular weight is 364 g/mol. The van der Waals surface area contributed by atoms with E-state index in [1.54, 1.807) is 18.2 Å². The van der Waals surface area contributed by atoms with Crippen LogP contribution in [0.5, 0.6) is 5.75 Å². The number of rotatable bonds is 6. The molecular formula is C16H18ClN5O3. The van der Waals surface area contributed by atoms with Crippen molar-refractivity contribution in [1.82, 2.24) is 9.97 Å². The van der Waals surface area contributed by atoms with Gasteiger partial charge < -0.3 is 15.4 Å². The molecule has 0 bridgehead atoms. The highest BCUT2D eigenvalue weighted by molar-refractivity contribution is 6.31. The number of hydrogen-bond donors (Lipinski definition) is 2. The van der Waals surface area contributed by atoms with Gasteiger partial charge in [-0.3, -0.25) is 10.1 Å². The van der Waals surface area contributed by atoms with Crippen LogP contribution in [-0.2, 0) is 0 Å². The first-order valence-electron chi connectivity index (χ1n) is 7.95. The predicted octanol–water partition coefficient (Wildman–Crippen LogP) is 4.14. The molecule has 0 atom stereocenters. The number of benzene rings is 1. The standard InChI is InChI=1S/C16H18ClN5O3/c1-25-13-7-6-10(17)8-12(13)21-16-14(22(23)24)15(18-9-19-16)20-11-4-2-3-5-11/h6-9,11H,2-5H2,1H3,(H2,18,19,20,21). The zero-order valence-electron chi connectivity index (χ0n) is 13.7. The molecule has 0 aliphatic heterocycles. The molecule has 1 aromatic heterocycles. The summed E-state index contributed by atoms with van der Waals surface area (Å²) in [4.78, 5) is 19.2. The fourth-order valence-corrected chi connectivity index (χ4v) is 3.09. The summed E-state index contributed by atoms with van der Waals surface area (Å²) in [5.41, 5.74) is 0.292. The van der Waals surface area contributed by atoms with E-state index in [1.807, 2.05) is 0 Å². The number of nitrogens with zero attached hydrogens (tertiary/aromatic N) is 3. The van der Waals surface area contributed by atoms with Crippen LogP contribution >= 0.6 is 11.6 Å². The third-order valence-electron chi connectivity index (χ3n) is 4.12. The van der Waals surface area contributed by atoms with Crippen LogP contribution in [0.2, 0.25) is 5.02 Å². The van der Waals surface area contributed by atoms with Crippen molar-refractivity contribution >= 4 is 34.6 Å². The molecule has 1 heterocycles. The molecule has 1 aromatic carbocycles. The van der Waals surface area contributed by atoms with E-state index in [-0.39, 0.29) is 23.4 Å². The lowest BCUT2D eigenvalue weighted by molar-refractivity contribution is -0.383. The topological polar surface area (TPSA) is 102 Å². The molecule has 1 saturated carbocycles. The minimum Gasteiger partial charge on any atom is -0.495 e. The fourth-order valence-electron chi connectivity index (χ4n) is 2.92. The van der Waals surface area contributed by atoms with Gasteiger partial charge in [0.1, 0.15) is 12.1 Å². The van der Waals surface area contributed by atoms with Gasteiger partial charge in [0.15, 0.2) is 0 Å². The number of anilines is 3. The molecule has 3 rings (SSSR count). The molecule has 0 spiro atoms. The molecule has 2 aromatic rings. The average Bonchev–Trinajstić information content (AvgIpc) is 3.08. The molecule has 1 aliphatic carbocycles. The summed E-state index contributed by atoms with van der Waals surface area (Å²) in [5.74, 6) is 0.805. The maximum atomic E-state index is 11.6. The number of methoxy groups -OCH3 is 1. The van der Waals surface area contributed by atoms with Gasteiger partial charge in [-0.2, -0.15) is 0 Å². The van der Waals surface area contributed by atoms with Crippen LogP contribution in [0.1, 0.15) is 25.7 Å². The van der Waals surface area contributed by atoms with Crippen molar-refractivity contribution in [2.75, 3.05) is 17.7 Å². The highest BCUT2D eigenvalue weighted by atomic mass is 35.5. The summed E-state index contributed by atoms with van der Waals surface area (Å²) in [6.45, 7) is 0.